The van der Waals surface area contributed by atoms with Crippen molar-refractivity contribution in [1.82, 2.24) is 14.8 Å². The number of methoxy groups -OCH3 is 2. The van der Waals surface area contributed by atoms with Gasteiger partial charge in [0.25, 0.3) is 0 Å². The van der Waals surface area contributed by atoms with Gasteiger partial charge in [-0.3, -0.25) is 9.36 Å². The molecule has 1 aliphatic heterocycles. The maximum atomic E-state index is 12.9. The first-order valence-electron chi connectivity index (χ1n) is 10.9. The molecule has 1 aromatic heterocycles. The minimum atomic E-state index is -0.326. The fourth-order valence-corrected chi connectivity index (χ4v) is 4.68. The SMILES string of the molecule is COc1cc(NC(=O)C(C)Sc2nnc(N3CCC(C)CC3)n2C2CC2)cc(OC)c1. The van der Waals surface area contributed by atoms with Crippen LogP contribution in [0.3, 0.4) is 0 Å². The summed E-state index contributed by atoms with van der Waals surface area (Å²) < 4.78 is 12.8. The number of ether oxygens (including phenoxy) is 2. The van der Waals surface area contributed by atoms with Crippen LogP contribution in [-0.2, 0) is 4.79 Å². The Morgan fingerprint density at radius 2 is 1.74 bits per heavy atom. The van der Waals surface area contributed by atoms with E-state index in [1.54, 1.807) is 32.4 Å². The van der Waals surface area contributed by atoms with E-state index in [-0.39, 0.29) is 11.2 Å². The number of nitrogens with one attached hydrogen (secondary N) is 1. The van der Waals surface area contributed by atoms with Gasteiger partial charge in [-0.2, -0.15) is 0 Å². The van der Waals surface area contributed by atoms with Gasteiger partial charge in [0.15, 0.2) is 5.16 Å². The first-order valence-corrected chi connectivity index (χ1v) is 11.8. The number of rotatable bonds is 8. The van der Waals surface area contributed by atoms with Crippen molar-refractivity contribution < 1.29 is 14.3 Å². The Kier molecular flexibility index (Phi) is 6.60. The molecule has 1 atom stereocenters. The summed E-state index contributed by atoms with van der Waals surface area (Å²) in [5, 5.41) is 12.4. The third kappa shape index (κ3) is 5.08. The summed E-state index contributed by atoms with van der Waals surface area (Å²) in [4.78, 5) is 15.2. The summed E-state index contributed by atoms with van der Waals surface area (Å²) in [6, 6.07) is 5.78. The van der Waals surface area contributed by atoms with Crippen LogP contribution in [0.15, 0.2) is 23.4 Å². The highest BCUT2D eigenvalue weighted by Crippen LogP contribution is 2.42. The van der Waals surface area contributed by atoms with Gasteiger partial charge in [0.2, 0.25) is 11.9 Å². The van der Waals surface area contributed by atoms with E-state index in [9.17, 15) is 4.79 Å². The largest absolute Gasteiger partial charge is 0.497 e. The van der Waals surface area contributed by atoms with E-state index in [1.165, 1.54) is 24.6 Å². The van der Waals surface area contributed by atoms with Crippen LogP contribution in [0.1, 0.15) is 45.6 Å². The molecule has 168 valence electrons. The van der Waals surface area contributed by atoms with Crippen molar-refractivity contribution in [1.29, 1.82) is 0 Å². The summed E-state index contributed by atoms with van der Waals surface area (Å²) in [6.07, 6.45) is 4.66. The third-order valence-electron chi connectivity index (χ3n) is 5.90. The van der Waals surface area contributed by atoms with Gasteiger partial charge in [-0.25, -0.2) is 0 Å². The number of amides is 1. The molecule has 0 spiro atoms. The normalized spacial score (nSPS) is 18.0. The van der Waals surface area contributed by atoms with Crippen molar-refractivity contribution in [3.05, 3.63) is 18.2 Å². The maximum absolute atomic E-state index is 12.9. The first kappa shape index (κ1) is 21.8. The number of carbonyl (C=O) groups is 1. The predicted molar refractivity (Wildman–Crippen MR) is 122 cm³/mol. The number of hydrogen-bond acceptors (Lipinski definition) is 7. The van der Waals surface area contributed by atoms with Gasteiger partial charge in [0.1, 0.15) is 11.5 Å². The Bertz CT molecular complexity index is 900. The summed E-state index contributed by atoms with van der Waals surface area (Å²) in [5.41, 5.74) is 0.639. The van der Waals surface area contributed by atoms with Gasteiger partial charge in [-0.15, -0.1) is 10.2 Å². The molecule has 4 rings (SSSR count). The highest BCUT2D eigenvalue weighted by atomic mass is 32.2. The molecule has 1 aliphatic carbocycles. The zero-order valence-electron chi connectivity index (χ0n) is 18.6. The minimum absolute atomic E-state index is 0.0981. The molecule has 1 unspecified atom stereocenters. The molecule has 2 aliphatic rings. The molecular weight excluding hydrogens is 414 g/mol. The van der Waals surface area contributed by atoms with Gasteiger partial charge in [-0.1, -0.05) is 18.7 Å². The molecule has 31 heavy (non-hydrogen) atoms. The molecule has 2 fully saturated rings. The van der Waals surface area contributed by atoms with E-state index in [4.69, 9.17) is 9.47 Å². The maximum Gasteiger partial charge on any atom is 0.237 e. The molecule has 0 bridgehead atoms. The minimum Gasteiger partial charge on any atom is -0.497 e. The molecule has 1 amide bonds. The molecule has 1 aromatic carbocycles. The number of thioether (sulfide) groups is 1. The van der Waals surface area contributed by atoms with Crippen LogP contribution in [0.4, 0.5) is 11.6 Å². The van der Waals surface area contributed by atoms with Crippen LogP contribution in [0.25, 0.3) is 0 Å². The van der Waals surface area contributed by atoms with Gasteiger partial charge in [0.05, 0.1) is 19.5 Å². The van der Waals surface area contributed by atoms with Gasteiger partial charge >= 0.3 is 0 Å². The first-order chi connectivity index (χ1) is 15.0. The van der Waals surface area contributed by atoms with E-state index in [0.717, 1.165) is 43.0 Å². The van der Waals surface area contributed by atoms with Crippen molar-refractivity contribution in [2.24, 2.45) is 5.92 Å². The van der Waals surface area contributed by atoms with E-state index < -0.39 is 0 Å². The van der Waals surface area contributed by atoms with Crippen molar-refractivity contribution in [2.75, 3.05) is 37.5 Å². The van der Waals surface area contributed by atoms with Gasteiger partial charge in [-0.05, 0) is 38.5 Å². The number of carbonyl (C=O) groups excluding carboxylic acids is 1. The molecule has 2 heterocycles. The molecule has 1 N–H and O–H groups in total. The van der Waals surface area contributed by atoms with Crippen LogP contribution in [0, 0.1) is 5.92 Å². The average molecular weight is 446 g/mol. The lowest BCUT2D eigenvalue weighted by molar-refractivity contribution is -0.115. The molecule has 1 saturated carbocycles. The number of nitrogens with zero attached hydrogens (tertiary/aromatic N) is 4. The fraction of sp³-hybridized carbons (Fsp3) is 0.591. The molecule has 1 saturated heterocycles. The number of piperidine rings is 1. The summed E-state index contributed by atoms with van der Waals surface area (Å²) in [7, 11) is 3.17. The molecular formula is C22H31N5O3S. The molecule has 8 nitrogen and oxygen atoms in total. The smallest absolute Gasteiger partial charge is 0.237 e. The second kappa shape index (κ2) is 9.38. The monoisotopic (exact) mass is 445 g/mol. The van der Waals surface area contributed by atoms with E-state index in [0.29, 0.717) is 23.2 Å². The highest BCUT2D eigenvalue weighted by Gasteiger charge is 2.33. The van der Waals surface area contributed by atoms with Crippen molar-refractivity contribution in [3.63, 3.8) is 0 Å². The van der Waals surface area contributed by atoms with E-state index in [1.807, 2.05) is 6.92 Å². The van der Waals surface area contributed by atoms with Gasteiger partial charge in [0, 0.05) is 43.0 Å². The van der Waals surface area contributed by atoms with E-state index in [2.05, 4.69) is 31.9 Å². The zero-order chi connectivity index (χ0) is 22.0. The number of benzene rings is 1. The van der Waals surface area contributed by atoms with Gasteiger partial charge < -0.3 is 19.7 Å². The number of anilines is 2. The Hall–Kier alpha value is -2.42. The van der Waals surface area contributed by atoms with Crippen LogP contribution >= 0.6 is 11.8 Å². The van der Waals surface area contributed by atoms with Crippen LogP contribution in [0.5, 0.6) is 11.5 Å². The van der Waals surface area contributed by atoms with Crippen molar-refractivity contribution >= 4 is 29.3 Å². The second-order valence-corrected chi connectivity index (χ2v) is 9.71. The van der Waals surface area contributed by atoms with E-state index >= 15 is 0 Å². The van der Waals surface area contributed by atoms with Crippen molar-refractivity contribution in [3.8, 4) is 11.5 Å². The summed E-state index contributed by atoms with van der Waals surface area (Å²) in [5.74, 6) is 2.88. The Morgan fingerprint density at radius 3 is 2.32 bits per heavy atom. The summed E-state index contributed by atoms with van der Waals surface area (Å²) >= 11 is 1.46. The quantitative estimate of drug-likeness (QED) is 0.615. The lowest BCUT2D eigenvalue weighted by atomic mass is 10.00. The van der Waals surface area contributed by atoms with Crippen LogP contribution in [-0.4, -0.2) is 53.2 Å². The van der Waals surface area contributed by atoms with Crippen LogP contribution in [0.2, 0.25) is 0 Å². The topological polar surface area (TPSA) is 81.5 Å². The standard InChI is InChI=1S/C22H31N5O3S/c1-14-7-9-26(10-8-14)21-24-25-22(27(21)17-5-6-17)31-15(2)20(28)23-16-11-18(29-3)13-19(12-16)30-4/h11-15,17H,5-10H2,1-4H3,(H,23,28). The fourth-order valence-electron chi connectivity index (χ4n) is 3.76. The van der Waals surface area contributed by atoms with Crippen molar-refractivity contribution in [2.45, 2.75) is 56.0 Å². The number of hydrogen-bond donors (Lipinski definition) is 1. The third-order valence-corrected chi connectivity index (χ3v) is 6.95. The predicted octanol–water partition coefficient (Wildman–Crippen LogP) is 3.99. The summed E-state index contributed by atoms with van der Waals surface area (Å²) in [6.45, 7) is 6.24. The lowest BCUT2D eigenvalue weighted by Crippen LogP contribution is -2.34. The Labute approximate surface area is 187 Å². The highest BCUT2D eigenvalue weighted by molar-refractivity contribution is 8.00. The average Bonchev–Trinajstić information content (AvgIpc) is 3.53. The zero-order valence-corrected chi connectivity index (χ0v) is 19.4. The Balaban J connectivity index is 1.46. The molecule has 9 heteroatoms. The molecule has 0 radical (unpaired) electrons. The number of aromatic nitrogens is 3. The lowest BCUT2D eigenvalue weighted by Gasteiger charge is -2.31. The second-order valence-electron chi connectivity index (χ2n) is 8.40. The van der Waals surface area contributed by atoms with Crippen LogP contribution < -0.4 is 19.7 Å². The Morgan fingerprint density at radius 1 is 1.10 bits per heavy atom. The molecule has 2 aromatic rings.